The van der Waals surface area contributed by atoms with E-state index in [-0.39, 0.29) is 18.4 Å². The fraction of sp³-hybridized carbons (Fsp3) is 0.875. The summed E-state index contributed by atoms with van der Waals surface area (Å²) >= 11 is 0. The van der Waals surface area contributed by atoms with Crippen molar-refractivity contribution in [2.45, 2.75) is 25.6 Å². The molecule has 1 saturated heterocycles. The highest BCUT2D eigenvalue weighted by molar-refractivity contribution is 5.85. The van der Waals surface area contributed by atoms with Gasteiger partial charge in [-0.3, -0.25) is 4.79 Å². The van der Waals surface area contributed by atoms with Crippen molar-refractivity contribution in [1.29, 1.82) is 0 Å². The van der Waals surface area contributed by atoms with Crippen LogP contribution < -0.4 is 5.32 Å². The van der Waals surface area contributed by atoms with E-state index in [1.807, 2.05) is 0 Å². The van der Waals surface area contributed by atoms with Crippen molar-refractivity contribution in [1.82, 2.24) is 10.2 Å². The van der Waals surface area contributed by atoms with Gasteiger partial charge in [0.2, 0.25) is 5.91 Å². The molecule has 90 valence electrons. The number of halogens is 4. The second-order valence-electron chi connectivity index (χ2n) is 3.43. The van der Waals surface area contributed by atoms with E-state index in [1.165, 1.54) is 4.90 Å². The van der Waals surface area contributed by atoms with Crippen LogP contribution in [0.2, 0.25) is 0 Å². The molecule has 0 aromatic rings. The zero-order chi connectivity index (χ0) is 10.8. The van der Waals surface area contributed by atoms with Gasteiger partial charge in [-0.05, 0) is 6.92 Å². The molecule has 0 saturated carbocycles. The monoisotopic (exact) mass is 246 g/mol. The van der Waals surface area contributed by atoms with E-state index in [4.69, 9.17) is 0 Å². The Bertz CT molecular complexity index is 222. The van der Waals surface area contributed by atoms with Crippen LogP contribution in [0.5, 0.6) is 0 Å². The Hall–Kier alpha value is -0.490. The summed E-state index contributed by atoms with van der Waals surface area (Å²) in [7, 11) is 0. The molecule has 1 atom stereocenters. The molecule has 1 heterocycles. The van der Waals surface area contributed by atoms with Gasteiger partial charge in [0.05, 0.1) is 0 Å². The van der Waals surface area contributed by atoms with Crippen LogP contribution in [0.4, 0.5) is 13.2 Å². The molecule has 0 bridgehead atoms. The third-order valence-corrected chi connectivity index (χ3v) is 2.17. The number of rotatable bonds is 1. The fourth-order valence-electron chi connectivity index (χ4n) is 1.48. The summed E-state index contributed by atoms with van der Waals surface area (Å²) in [5.41, 5.74) is 0. The highest BCUT2D eigenvalue weighted by Crippen LogP contribution is 2.21. The molecule has 1 fully saturated rings. The standard InChI is InChI=1S/C8H13F3N2O.ClH/c1-6-5-12-2-3-13(6)7(14)4-8(9,10)11;/h6,12H,2-5H2,1H3;1H. The van der Waals surface area contributed by atoms with Crippen LogP contribution in [-0.2, 0) is 4.79 Å². The summed E-state index contributed by atoms with van der Waals surface area (Å²) < 4.78 is 35.8. The number of hydrogen-bond acceptors (Lipinski definition) is 2. The fourth-order valence-corrected chi connectivity index (χ4v) is 1.48. The van der Waals surface area contributed by atoms with Crippen molar-refractivity contribution in [3.8, 4) is 0 Å². The van der Waals surface area contributed by atoms with Gasteiger partial charge in [0.15, 0.2) is 0 Å². The van der Waals surface area contributed by atoms with E-state index in [0.29, 0.717) is 19.6 Å². The predicted molar refractivity (Wildman–Crippen MR) is 52.0 cm³/mol. The van der Waals surface area contributed by atoms with E-state index >= 15 is 0 Å². The normalized spacial score (nSPS) is 22.1. The number of amides is 1. The van der Waals surface area contributed by atoms with E-state index in [1.54, 1.807) is 6.92 Å². The maximum absolute atomic E-state index is 11.9. The van der Waals surface area contributed by atoms with Gasteiger partial charge in [0.1, 0.15) is 6.42 Å². The number of piperazine rings is 1. The van der Waals surface area contributed by atoms with Crippen LogP contribution >= 0.6 is 12.4 Å². The molecular formula is C8H14ClF3N2O. The van der Waals surface area contributed by atoms with Crippen LogP contribution in [0.15, 0.2) is 0 Å². The summed E-state index contributed by atoms with van der Waals surface area (Å²) in [5, 5.41) is 3.01. The van der Waals surface area contributed by atoms with Gasteiger partial charge in [-0.25, -0.2) is 0 Å². The third-order valence-electron chi connectivity index (χ3n) is 2.17. The average Bonchev–Trinajstić information content (AvgIpc) is 2.01. The van der Waals surface area contributed by atoms with Crippen molar-refractivity contribution in [3.63, 3.8) is 0 Å². The van der Waals surface area contributed by atoms with Gasteiger partial charge in [-0.2, -0.15) is 13.2 Å². The smallest absolute Gasteiger partial charge is 0.337 e. The number of hydrogen-bond donors (Lipinski definition) is 1. The molecule has 1 aliphatic rings. The number of carbonyl (C=O) groups is 1. The lowest BCUT2D eigenvalue weighted by molar-refractivity contribution is -0.163. The lowest BCUT2D eigenvalue weighted by Crippen LogP contribution is -2.52. The molecular weight excluding hydrogens is 233 g/mol. The van der Waals surface area contributed by atoms with Crippen LogP contribution in [0.1, 0.15) is 13.3 Å². The molecule has 1 unspecified atom stereocenters. The molecule has 0 aromatic heterocycles. The summed E-state index contributed by atoms with van der Waals surface area (Å²) in [4.78, 5) is 12.5. The topological polar surface area (TPSA) is 32.3 Å². The molecule has 0 aliphatic carbocycles. The van der Waals surface area contributed by atoms with Gasteiger partial charge in [0.25, 0.3) is 0 Å². The Labute approximate surface area is 92.4 Å². The summed E-state index contributed by atoms with van der Waals surface area (Å²) in [5.74, 6) is -0.827. The molecule has 3 nitrogen and oxygen atoms in total. The minimum Gasteiger partial charge on any atom is -0.337 e. The van der Waals surface area contributed by atoms with Gasteiger partial charge in [-0.1, -0.05) is 0 Å². The average molecular weight is 247 g/mol. The minimum absolute atomic E-state index is 0. The zero-order valence-corrected chi connectivity index (χ0v) is 9.12. The number of alkyl halides is 3. The highest BCUT2D eigenvalue weighted by Gasteiger charge is 2.35. The molecule has 15 heavy (non-hydrogen) atoms. The van der Waals surface area contributed by atoms with E-state index < -0.39 is 18.5 Å². The lowest BCUT2D eigenvalue weighted by atomic mass is 10.2. The Balaban J connectivity index is 0.00000196. The first-order chi connectivity index (χ1) is 6.40. The third kappa shape index (κ3) is 4.70. The quantitative estimate of drug-likeness (QED) is 0.754. The van der Waals surface area contributed by atoms with Gasteiger partial charge in [-0.15, -0.1) is 12.4 Å². The van der Waals surface area contributed by atoms with Crippen molar-refractivity contribution < 1.29 is 18.0 Å². The summed E-state index contributed by atoms with van der Waals surface area (Å²) in [6.07, 6.45) is -5.75. The molecule has 1 aliphatic heterocycles. The van der Waals surface area contributed by atoms with Crippen molar-refractivity contribution >= 4 is 18.3 Å². The first-order valence-corrected chi connectivity index (χ1v) is 4.47. The van der Waals surface area contributed by atoms with E-state index in [0.717, 1.165) is 0 Å². The van der Waals surface area contributed by atoms with Crippen LogP contribution in [0.25, 0.3) is 0 Å². The van der Waals surface area contributed by atoms with Crippen molar-refractivity contribution in [2.75, 3.05) is 19.6 Å². The Morgan fingerprint density at radius 3 is 2.60 bits per heavy atom. The van der Waals surface area contributed by atoms with Crippen LogP contribution in [-0.4, -0.2) is 42.7 Å². The molecule has 0 aromatic carbocycles. The number of carbonyl (C=O) groups excluding carboxylic acids is 1. The molecule has 1 amide bonds. The summed E-state index contributed by atoms with van der Waals surface area (Å²) in [6, 6.07) is -0.154. The number of nitrogens with zero attached hydrogens (tertiary/aromatic N) is 1. The first-order valence-electron chi connectivity index (χ1n) is 4.47. The minimum atomic E-state index is -4.40. The maximum atomic E-state index is 11.9. The van der Waals surface area contributed by atoms with Crippen LogP contribution in [0, 0.1) is 0 Å². The Kier molecular flexibility index (Phi) is 5.37. The number of nitrogens with one attached hydrogen (secondary N) is 1. The molecule has 0 spiro atoms. The largest absolute Gasteiger partial charge is 0.397 e. The van der Waals surface area contributed by atoms with E-state index in [2.05, 4.69) is 5.32 Å². The van der Waals surface area contributed by atoms with Crippen molar-refractivity contribution in [2.24, 2.45) is 0 Å². The molecule has 1 rings (SSSR count). The van der Waals surface area contributed by atoms with Gasteiger partial charge < -0.3 is 10.2 Å². The lowest BCUT2D eigenvalue weighted by Gasteiger charge is -2.34. The SMILES string of the molecule is CC1CNCCN1C(=O)CC(F)(F)F.Cl. The first kappa shape index (κ1) is 14.5. The highest BCUT2D eigenvalue weighted by atomic mass is 35.5. The molecule has 0 radical (unpaired) electrons. The molecule has 1 N–H and O–H groups in total. The van der Waals surface area contributed by atoms with Gasteiger partial charge >= 0.3 is 6.18 Å². The van der Waals surface area contributed by atoms with Crippen molar-refractivity contribution in [3.05, 3.63) is 0 Å². The zero-order valence-electron chi connectivity index (χ0n) is 8.30. The molecule has 7 heteroatoms. The Morgan fingerprint density at radius 2 is 2.13 bits per heavy atom. The summed E-state index contributed by atoms with van der Waals surface area (Å²) in [6.45, 7) is 3.22. The predicted octanol–water partition coefficient (Wildman–Crippen LogP) is 1.18. The second-order valence-corrected chi connectivity index (χ2v) is 3.43. The second kappa shape index (κ2) is 5.55. The van der Waals surface area contributed by atoms with Crippen LogP contribution in [0.3, 0.4) is 0 Å². The maximum Gasteiger partial charge on any atom is 0.397 e. The van der Waals surface area contributed by atoms with E-state index in [9.17, 15) is 18.0 Å². The Morgan fingerprint density at radius 1 is 1.53 bits per heavy atom. The van der Waals surface area contributed by atoms with Gasteiger partial charge in [0, 0.05) is 25.7 Å².